The third-order valence-corrected chi connectivity index (χ3v) is 5.82. The summed E-state index contributed by atoms with van der Waals surface area (Å²) in [7, 11) is 0. The van der Waals surface area contributed by atoms with Crippen molar-refractivity contribution < 1.29 is 14.3 Å². The highest BCUT2D eigenvalue weighted by atomic mass is 32.2. The topological polar surface area (TPSA) is 78.3 Å². The fraction of sp³-hybridized carbons (Fsp3) is 0.320. The van der Waals surface area contributed by atoms with Gasteiger partial charge >= 0.3 is 0 Å². The zero-order chi connectivity index (χ0) is 23.8. The number of allylic oxidation sites excluding steroid dienone is 1. The molecule has 1 heterocycles. The number of carbonyl (C=O) groups is 1. The van der Waals surface area contributed by atoms with Crippen LogP contribution in [0.25, 0.3) is 0 Å². The molecule has 0 aliphatic rings. The molecule has 0 fully saturated rings. The number of nitrogens with one attached hydrogen (secondary N) is 1. The maximum Gasteiger partial charge on any atom is 0.234 e. The van der Waals surface area contributed by atoms with E-state index in [1.807, 2.05) is 68.7 Å². The quantitative estimate of drug-likeness (QED) is 0.313. The van der Waals surface area contributed by atoms with Crippen molar-refractivity contribution in [2.75, 3.05) is 17.7 Å². The van der Waals surface area contributed by atoms with E-state index in [2.05, 4.69) is 22.1 Å². The number of nitrogens with zero attached hydrogens (tertiary/aromatic N) is 3. The molecular weight excluding hydrogens is 436 g/mol. The Kier molecular flexibility index (Phi) is 8.54. The minimum absolute atomic E-state index is 0.0982. The molecule has 8 heteroatoms. The largest absolute Gasteiger partial charge is 0.490 e. The molecule has 3 rings (SSSR count). The van der Waals surface area contributed by atoms with Crippen LogP contribution in [0.4, 0.5) is 5.69 Å². The van der Waals surface area contributed by atoms with Gasteiger partial charge in [-0.1, -0.05) is 41.6 Å². The van der Waals surface area contributed by atoms with Gasteiger partial charge in [-0.15, -0.1) is 16.8 Å². The van der Waals surface area contributed by atoms with Gasteiger partial charge in [0.05, 0.1) is 12.4 Å². The third-order valence-electron chi connectivity index (χ3n) is 4.85. The summed E-state index contributed by atoms with van der Waals surface area (Å²) in [5, 5.41) is 12.1. The fourth-order valence-corrected chi connectivity index (χ4v) is 4.03. The number of aromatic nitrogens is 3. The van der Waals surface area contributed by atoms with Crippen LogP contribution in [0.2, 0.25) is 0 Å². The van der Waals surface area contributed by atoms with Gasteiger partial charge in [0.25, 0.3) is 0 Å². The summed E-state index contributed by atoms with van der Waals surface area (Å²) in [4.78, 5) is 12.5. The molecule has 2 aromatic carbocycles. The van der Waals surface area contributed by atoms with Crippen molar-refractivity contribution >= 4 is 23.4 Å². The highest BCUT2D eigenvalue weighted by Gasteiger charge is 2.15. The number of amides is 1. The number of hydrogen-bond acceptors (Lipinski definition) is 6. The van der Waals surface area contributed by atoms with Crippen LogP contribution in [0, 0.1) is 20.8 Å². The monoisotopic (exact) mass is 466 g/mol. The maximum absolute atomic E-state index is 12.5. The van der Waals surface area contributed by atoms with Crippen LogP contribution in [0.1, 0.15) is 29.4 Å². The molecule has 1 N–H and O–H groups in total. The Morgan fingerprint density at radius 2 is 1.85 bits per heavy atom. The molecule has 1 aromatic heterocycles. The summed E-state index contributed by atoms with van der Waals surface area (Å²) in [6.45, 7) is 13.1. The summed E-state index contributed by atoms with van der Waals surface area (Å²) in [6, 6.07) is 11.8. The maximum atomic E-state index is 12.5. The first-order chi connectivity index (χ1) is 15.9. The van der Waals surface area contributed by atoms with E-state index in [0.29, 0.717) is 35.6 Å². The number of rotatable bonds is 11. The highest BCUT2D eigenvalue weighted by molar-refractivity contribution is 7.99. The van der Waals surface area contributed by atoms with Crippen LogP contribution < -0.4 is 14.8 Å². The average Bonchev–Trinajstić information content (AvgIpc) is 3.16. The first-order valence-electron chi connectivity index (χ1n) is 10.8. The van der Waals surface area contributed by atoms with E-state index >= 15 is 0 Å². The van der Waals surface area contributed by atoms with Crippen molar-refractivity contribution in [2.45, 2.75) is 46.0 Å². The lowest BCUT2D eigenvalue weighted by atomic mass is 10.1. The predicted octanol–water partition coefficient (Wildman–Crippen LogP) is 5.10. The smallest absolute Gasteiger partial charge is 0.234 e. The average molecular weight is 467 g/mol. The van der Waals surface area contributed by atoms with Crippen LogP contribution in [0.15, 0.2) is 54.2 Å². The van der Waals surface area contributed by atoms with Gasteiger partial charge in [-0.05, 0) is 57.0 Å². The van der Waals surface area contributed by atoms with E-state index in [1.165, 1.54) is 11.8 Å². The third kappa shape index (κ3) is 6.61. The summed E-state index contributed by atoms with van der Waals surface area (Å²) in [5.41, 5.74) is 4.10. The van der Waals surface area contributed by atoms with Gasteiger partial charge in [-0.25, -0.2) is 0 Å². The van der Waals surface area contributed by atoms with E-state index in [4.69, 9.17) is 9.47 Å². The second kappa shape index (κ2) is 11.6. The molecule has 0 spiro atoms. The first kappa shape index (κ1) is 24.4. The van der Waals surface area contributed by atoms with Crippen LogP contribution in [-0.2, 0) is 17.9 Å². The molecule has 0 atom stereocenters. The Bertz CT molecular complexity index is 1130. The van der Waals surface area contributed by atoms with Crippen molar-refractivity contribution in [2.24, 2.45) is 0 Å². The first-order valence-corrected chi connectivity index (χ1v) is 11.8. The molecule has 0 aliphatic heterocycles. The number of aryl methyl sites for hydroxylation is 3. The summed E-state index contributed by atoms with van der Waals surface area (Å²) in [5.74, 6) is 2.12. The van der Waals surface area contributed by atoms with Crippen molar-refractivity contribution in [1.29, 1.82) is 0 Å². The van der Waals surface area contributed by atoms with Gasteiger partial charge in [-0.2, -0.15) is 0 Å². The lowest BCUT2D eigenvalue weighted by molar-refractivity contribution is -0.113. The number of anilines is 1. The van der Waals surface area contributed by atoms with Gasteiger partial charge in [-0.3, -0.25) is 9.36 Å². The molecule has 0 radical (unpaired) electrons. The molecule has 7 nitrogen and oxygen atoms in total. The highest BCUT2D eigenvalue weighted by Crippen LogP contribution is 2.29. The molecule has 3 aromatic rings. The minimum atomic E-state index is -0.0982. The fourth-order valence-electron chi connectivity index (χ4n) is 3.26. The van der Waals surface area contributed by atoms with Crippen molar-refractivity contribution in [3.8, 4) is 11.5 Å². The van der Waals surface area contributed by atoms with E-state index in [9.17, 15) is 4.79 Å². The number of hydrogen-bond donors (Lipinski definition) is 1. The summed E-state index contributed by atoms with van der Waals surface area (Å²) in [6.07, 6.45) is 1.77. The Labute approximate surface area is 199 Å². The normalized spacial score (nSPS) is 10.7. The van der Waals surface area contributed by atoms with E-state index in [-0.39, 0.29) is 18.3 Å². The van der Waals surface area contributed by atoms with Crippen LogP contribution in [0.3, 0.4) is 0 Å². The Morgan fingerprint density at radius 1 is 1.09 bits per heavy atom. The second-order valence-electron chi connectivity index (χ2n) is 7.63. The molecular formula is C25H30N4O3S. The van der Waals surface area contributed by atoms with E-state index in [1.54, 1.807) is 6.08 Å². The van der Waals surface area contributed by atoms with Gasteiger partial charge < -0.3 is 14.8 Å². The number of ether oxygens (including phenoxy) is 2. The van der Waals surface area contributed by atoms with Gasteiger partial charge in [0.15, 0.2) is 22.5 Å². The molecule has 0 bridgehead atoms. The number of thioether (sulfide) groups is 1. The second-order valence-corrected chi connectivity index (χ2v) is 8.57. The minimum Gasteiger partial charge on any atom is -0.490 e. The summed E-state index contributed by atoms with van der Waals surface area (Å²) >= 11 is 1.33. The SMILES string of the molecule is C=CCn1c(COc2ccc(C)cc2OCC)nnc1SCC(=O)Nc1ccc(C)cc1C. The predicted molar refractivity (Wildman–Crippen MR) is 132 cm³/mol. The number of benzene rings is 2. The molecule has 0 saturated carbocycles. The van der Waals surface area contributed by atoms with Crippen molar-refractivity contribution in [1.82, 2.24) is 14.8 Å². The van der Waals surface area contributed by atoms with Crippen molar-refractivity contribution in [3.05, 3.63) is 71.6 Å². The van der Waals surface area contributed by atoms with E-state index in [0.717, 1.165) is 22.4 Å². The van der Waals surface area contributed by atoms with Gasteiger partial charge in [0.2, 0.25) is 5.91 Å². The molecule has 33 heavy (non-hydrogen) atoms. The molecule has 0 aliphatic carbocycles. The molecule has 174 valence electrons. The Balaban J connectivity index is 1.65. The zero-order valence-corrected chi connectivity index (χ0v) is 20.4. The van der Waals surface area contributed by atoms with Crippen LogP contribution in [0.5, 0.6) is 11.5 Å². The zero-order valence-electron chi connectivity index (χ0n) is 19.6. The molecule has 0 unspecified atom stereocenters. The van der Waals surface area contributed by atoms with Crippen LogP contribution in [-0.4, -0.2) is 33.0 Å². The number of carbonyl (C=O) groups excluding carboxylic acids is 1. The Morgan fingerprint density at radius 3 is 2.58 bits per heavy atom. The van der Waals surface area contributed by atoms with Crippen molar-refractivity contribution in [3.63, 3.8) is 0 Å². The lowest BCUT2D eigenvalue weighted by Crippen LogP contribution is -2.15. The summed E-state index contributed by atoms with van der Waals surface area (Å²) < 4.78 is 13.6. The van der Waals surface area contributed by atoms with Gasteiger partial charge in [0.1, 0.15) is 6.61 Å². The van der Waals surface area contributed by atoms with Crippen LogP contribution >= 0.6 is 11.8 Å². The van der Waals surface area contributed by atoms with Gasteiger partial charge in [0, 0.05) is 12.2 Å². The molecule has 0 saturated heterocycles. The van der Waals surface area contributed by atoms with E-state index < -0.39 is 0 Å². The lowest BCUT2D eigenvalue weighted by Gasteiger charge is -2.13. The molecule has 1 amide bonds. The standard InChI is InChI=1S/C25H30N4O3S/c1-6-12-29-23(15-32-21-11-9-18(4)14-22(21)31-7-2)27-28-25(29)33-16-24(30)26-20-10-8-17(3)13-19(20)5/h6,8-11,13-14H,1,7,12,15-16H2,2-5H3,(H,26,30). The Hall–Kier alpha value is -3.26.